The van der Waals surface area contributed by atoms with E-state index in [1.165, 1.54) is 0 Å². The number of nitrogens with one attached hydrogen (secondary N) is 1. The van der Waals surface area contributed by atoms with Crippen molar-refractivity contribution in [3.63, 3.8) is 0 Å². The number of aromatic nitrogens is 2. The van der Waals surface area contributed by atoms with Gasteiger partial charge in [0.2, 0.25) is 0 Å². The van der Waals surface area contributed by atoms with Gasteiger partial charge in [0, 0.05) is 34.8 Å². The monoisotopic (exact) mass is 351 g/mol. The fourth-order valence-corrected chi connectivity index (χ4v) is 3.90. The Morgan fingerprint density at radius 2 is 2.30 bits per heavy atom. The fraction of sp³-hybridized carbons (Fsp3) is 0.357. The van der Waals surface area contributed by atoms with Crippen molar-refractivity contribution in [2.45, 2.75) is 24.6 Å². The summed E-state index contributed by atoms with van der Waals surface area (Å²) >= 11 is 5.31. The van der Waals surface area contributed by atoms with E-state index in [1.807, 2.05) is 17.8 Å². The van der Waals surface area contributed by atoms with Gasteiger partial charge in [-0.25, -0.2) is 4.98 Å². The molecular weight excluding hydrogens is 338 g/mol. The lowest BCUT2D eigenvalue weighted by Gasteiger charge is -2.11. The van der Waals surface area contributed by atoms with E-state index in [2.05, 4.69) is 38.1 Å². The Bertz CT molecular complexity index is 664. The van der Waals surface area contributed by atoms with Crippen molar-refractivity contribution in [3.8, 4) is 0 Å². The van der Waals surface area contributed by atoms with Crippen molar-refractivity contribution in [1.82, 2.24) is 15.3 Å². The molecule has 3 rings (SSSR count). The molecule has 2 atom stereocenters. The number of hydrogen-bond donors (Lipinski definition) is 1. The summed E-state index contributed by atoms with van der Waals surface area (Å²) in [5.74, 6) is 0.879. The molecule has 0 bridgehead atoms. The Labute approximate surface area is 129 Å². The molecule has 2 unspecified atom stereocenters. The van der Waals surface area contributed by atoms with E-state index in [-0.39, 0.29) is 11.9 Å². The second-order valence-corrected chi connectivity index (χ2v) is 7.27. The lowest BCUT2D eigenvalue weighted by Crippen LogP contribution is -2.35. The fourth-order valence-electron chi connectivity index (χ4n) is 2.31. The molecule has 0 saturated carbocycles. The second kappa shape index (κ2) is 5.69. The highest BCUT2D eigenvalue weighted by atomic mass is 79.9. The topological polar surface area (TPSA) is 54.9 Å². The van der Waals surface area contributed by atoms with Gasteiger partial charge in [-0.15, -0.1) is 0 Å². The predicted octanol–water partition coefficient (Wildman–Crippen LogP) is 3.02. The van der Waals surface area contributed by atoms with Crippen LogP contribution in [0, 0.1) is 0 Å². The normalized spacial score (nSPS) is 22.1. The van der Waals surface area contributed by atoms with Crippen LogP contribution in [-0.2, 0) is 0 Å². The Morgan fingerprint density at radius 1 is 1.45 bits per heavy atom. The van der Waals surface area contributed by atoms with Crippen LogP contribution in [0.25, 0.3) is 10.9 Å². The molecule has 0 aromatic carbocycles. The first-order chi connectivity index (χ1) is 9.63. The van der Waals surface area contributed by atoms with Crippen LogP contribution in [0.3, 0.4) is 0 Å². The molecule has 0 radical (unpaired) electrons. The molecule has 2 aromatic heterocycles. The summed E-state index contributed by atoms with van der Waals surface area (Å²) in [4.78, 5) is 20.8. The summed E-state index contributed by atoms with van der Waals surface area (Å²) in [7, 11) is 0. The van der Waals surface area contributed by atoms with Gasteiger partial charge in [0.15, 0.2) is 0 Å². The van der Waals surface area contributed by atoms with Crippen LogP contribution in [0.2, 0.25) is 0 Å². The SMILES string of the molecule is CC1CC(NC(=O)c2ccc3cncc(Br)c3n2)CS1. The zero-order chi connectivity index (χ0) is 14.1. The molecule has 4 nitrogen and oxygen atoms in total. The number of rotatable bonds is 2. The van der Waals surface area contributed by atoms with Gasteiger partial charge >= 0.3 is 0 Å². The number of thioether (sulfide) groups is 1. The summed E-state index contributed by atoms with van der Waals surface area (Å²) in [6.07, 6.45) is 4.45. The van der Waals surface area contributed by atoms with Crippen LogP contribution in [0.5, 0.6) is 0 Å². The highest BCUT2D eigenvalue weighted by Crippen LogP contribution is 2.26. The van der Waals surface area contributed by atoms with Gasteiger partial charge in [0.05, 0.1) is 9.99 Å². The molecule has 6 heteroatoms. The molecule has 20 heavy (non-hydrogen) atoms. The third-order valence-corrected chi connectivity index (χ3v) is 5.26. The highest BCUT2D eigenvalue weighted by molar-refractivity contribution is 9.10. The van der Waals surface area contributed by atoms with E-state index in [1.54, 1.807) is 18.5 Å². The average molecular weight is 352 g/mol. The summed E-state index contributed by atoms with van der Waals surface area (Å²) in [5, 5.41) is 4.59. The Morgan fingerprint density at radius 3 is 3.05 bits per heavy atom. The average Bonchev–Trinajstić information content (AvgIpc) is 2.84. The minimum Gasteiger partial charge on any atom is -0.347 e. The Hall–Kier alpha value is -1.14. The molecule has 1 fully saturated rings. The van der Waals surface area contributed by atoms with Crippen molar-refractivity contribution in [3.05, 3.63) is 34.7 Å². The molecule has 1 N–H and O–H groups in total. The predicted molar refractivity (Wildman–Crippen MR) is 85.0 cm³/mol. The molecule has 1 amide bonds. The number of halogens is 1. The summed E-state index contributed by atoms with van der Waals surface area (Å²) in [6.45, 7) is 2.19. The molecule has 0 aliphatic carbocycles. The first-order valence-electron chi connectivity index (χ1n) is 6.46. The van der Waals surface area contributed by atoms with Gasteiger partial charge in [-0.2, -0.15) is 11.8 Å². The molecule has 1 aliphatic heterocycles. The lowest BCUT2D eigenvalue weighted by atomic mass is 10.2. The molecular formula is C14H14BrN3OS. The maximum absolute atomic E-state index is 12.2. The first-order valence-corrected chi connectivity index (χ1v) is 8.30. The summed E-state index contributed by atoms with van der Waals surface area (Å²) < 4.78 is 0.801. The molecule has 1 aliphatic rings. The van der Waals surface area contributed by atoms with Crippen LogP contribution < -0.4 is 5.32 Å². The highest BCUT2D eigenvalue weighted by Gasteiger charge is 2.24. The number of carbonyl (C=O) groups is 1. The second-order valence-electron chi connectivity index (χ2n) is 4.94. The van der Waals surface area contributed by atoms with Gasteiger partial charge < -0.3 is 5.32 Å². The van der Waals surface area contributed by atoms with Gasteiger partial charge in [-0.05, 0) is 34.5 Å². The van der Waals surface area contributed by atoms with Crippen LogP contribution in [0.4, 0.5) is 0 Å². The van der Waals surface area contributed by atoms with Crippen molar-refractivity contribution >= 4 is 44.5 Å². The van der Waals surface area contributed by atoms with Crippen molar-refractivity contribution in [2.75, 3.05) is 5.75 Å². The van der Waals surface area contributed by atoms with E-state index < -0.39 is 0 Å². The van der Waals surface area contributed by atoms with E-state index in [9.17, 15) is 4.79 Å². The smallest absolute Gasteiger partial charge is 0.270 e. The third-order valence-electron chi connectivity index (χ3n) is 3.32. The third kappa shape index (κ3) is 2.81. The van der Waals surface area contributed by atoms with Crippen LogP contribution >= 0.6 is 27.7 Å². The van der Waals surface area contributed by atoms with Gasteiger partial charge in [0.25, 0.3) is 5.91 Å². The van der Waals surface area contributed by atoms with Gasteiger partial charge in [0.1, 0.15) is 5.69 Å². The van der Waals surface area contributed by atoms with Crippen LogP contribution in [-0.4, -0.2) is 32.9 Å². The largest absolute Gasteiger partial charge is 0.347 e. The standard InChI is InChI=1S/C14H14BrN3OS/c1-8-4-10(7-20-8)17-14(19)12-3-2-9-5-16-6-11(15)13(9)18-12/h2-3,5-6,8,10H,4,7H2,1H3,(H,17,19). The molecule has 3 heterocycles. The number of pyridine rings is 2. The Balaban J connectivity index is 1.83. The van der Waals surface area contributed by atoms with Crippen molar-refractivity contribution in [1.29, 1.82) is 0 Å². The van der Waals surface area contributed by atoms with E-state index in [4.69, 9.17) is 0 Å². The molecule has 0 spiro atoms. The van der Waals surface area contributed by atoms with Crippen molar-refractivity contribution < 1.29 is 4.79 Å². The zero-order valence-corrected chi connectivity index (χ0v) is 13.4. The maximum Gasteiger partial charge on any atom is 0.270 e. The minimum absolute atomic E-state index is 0.102. The van der Waals surface area contributed by atoms with E-state index in [0.717, 1.165) is 27.5 Å². The lowest BCUT2D eigenvalue weighted by molar-refractivity contribution is 0.0936. The minimum atomic E-state index is -0.102. The van der Waals surface area contributed by atoms with E-state index >= 15 is 0 Å². The maximum atomic E-state index is 12.2. The van der Waals surface area contributed by atoms with E-state index in [0.29, 0.717) is 10.9 Å². The summed E-state index contributed by atoms with van der Waals surface area (Å²) in [5.41, 5.74) is 1.22. The van der Waals surface area contributed by atoms with Gasteiger partial charge in [-0.3, -0.25) is 9.78 Å². The van der Waals surface area contributed by atoms with Crippen LogP contribution in [0.15, 0.2) is 29.0 Å². The number of amides is 1. The quantitative estimate of drug-likeness (QED) is 0.903. The van der Waals surface area contributed by atoms with Gasteiger partial charge in [-0.1, -0.05) is 6.92 Å². The zero-order valence-electron chi connectivity index (χ0n) is 11.0. The number of carbonyl (C=O) groups excluding carboxylic acids is 1. The Kier molecular flexibility index (Phi) is 3.94. The summed E-state index contributed by atoms with van der Waals surface area (Å²) in [6, 6.07) is 3.87. The molecule has 1 saturated heterocycles. The molecule has 104 valence electrons. The number of hydrogen-bond acceptors (Lipinski definition) is 4. The number of fused-ring (bicyclic) bond motifs is 1. The number of nitrogens with zero attached hydrogens (tertiary/aromatic N) is 2. The van der Waals surface area contributed by atoms with Crippen molar-refractivity contribution in [2.24, 2.45) is 0 Å². The molecule has 2 aromatic rings. The van der Waals surface area contributed by atoms with Crippen LogP contribution in [0.1, 0.15) is 23.8 Å². The first kappa shape index (κ1) is 13.8.